The summed E-state index contributed by atoms with van der Waals surface area (Å²) in [6, 6.07) is 5.18. The van der Waals surface area contributed by atoms with Crippen LogP contribution in [0.1, 0.15) is 41.1 Å². The number of nitrogens with one attached hydrogen (secondary N) is 2. The second-order valence-electron chi connectivity index (χ2n) is 5.67. The van der Waals surface area contributed by atoms with E-state index in [0.717, 1.165) is 6.54 Å². The first-order chi connectivity index (χ1) is 8.63. The molecule has 0 amide bonds. The van der Waals surface area contributed by atoms with Gasteiger partial charge in [0.2, 0.25) is 0 Å². The van der Waals surface area contributed by atoms with Crippen LogP contribution >= 0.6 is 0 Å². The Hall–Kier alpha value is -0.860. The first-order valence-corrected chi connectivity index (χ1v) is 7.09. The summed E-state index contributed by atoms with van der Waals surface area (Å²) >= 11 is 0. The highest BCUT2D eigenvalue weighted by molar-refractivity contribution is 5.38. The van der Waals surface area contributed by atoms with Gasteiger partial charge in [-0.2, -0.15) is 0 Å². The zero-order valence-corrected chi connectivity index (χ0v) is 12.1. The van der Waals surface area contributed by atoms with Crippen LogP contribution < -0.4 is 10.6 Å². The van der Waals surface area contributed by atoms with Crippen molar-refractivity contribution in [3.63, 3.8) is 0 Å². The molecule has 1 aliphatic heterocycles. The topological polar surface area (TPSA) is 24.1 Å². The molecule has 0 spiro atoms. The molecule has 2 N–H and O–H groups in total. The molecule has 18 heavy (non-hydrogen) atoms. The van der Waals surface area contributed by atoms with Crippen molar-refractivity contribution in [3.05, 3.63) is 34.4 Å². The molecular weight excluding hydrogens is 220 g/mol. The third-order valence-corrected chi connectivity index (χ3v) is 4.33. The number of rotatable bonds is 3. The molecular formula is C16H26N2. The molecule has 0 radical (unpaired) electrons. The van der Waals surface area contributed by atoms with Gasteiger partial charge in [-0.15, -0.1) is 0 Å². The molecule has 1 aliphatic rings. The van der Waals surface area contributed by atoms with E-state index < -0.39 is 0 Å². The number of benzene rings is 1. The molecule has 0 saturated carbocycles. The second kappa shape index (κ2) is 5.85. The Kier molecular flexibility index (Phi) is 4.41. The van der Waals surface area contributed by atoms with Crippen LogP contribution in [0, 0.1) is 26.7 Å². The lowest BCUT2D eigenvalue weighted by atomic mass is 9.84. The Morgan fingerprint density at radius 3 is 2.50 bits per heavy atom. The van der Waals surface area contributed by atoms with Gasteiger partial charge in [0.15, 0.2) is 0 Å². The lowest BCUT2D eigenvalue weighted by Gasteiger charge is -2.32. The van der Waals surface area contributed by atoms with Crippen molar-refractivity contribution in [2.24, 2.45) is 5.92 Å². The smallest absolute Gasteiger partial charge is 0.0361 e. The summed E-state index contributed by atoms with van der Waals surface area (Å²) in [6.07, 6.45) is 2.62. The van der Waals surface area contributed by atoms with Crippen LogP contribution in [-0.4, -0.2) is 20.1 Å². The highest BCUT2D eigenvalue weighted by Crippen LogP contribution is 2.30. The molecule has 1 saturated heterocycles. The Labute approximate surface area is 111 Å². The van der Waals surface area contributed by atoms with Crippen LogP contribution in [0.25, 0.3) is 0 Å². The fraction of sp³-hybridized carbons (Fsp3) is 0.625. The molecule has 2 atom stereocenters. The molecule has 2 nitrogen and oxygen atoms in total. The van der Waals surface area contributed by atoms with E-state index in [4.69, 9.17) is 0 Å². The summed E-state index contributed by atoms with van der Waals surface area (Å²) < 4.78 is 0. The van der Waals surface area contributed by atoms with Crippen molar-refractivity contribution >= 4 is 0 Å². The largest absolute Gasteiger partial charge is 0.316 e. The molecule has 0 aromatic heterocycles. The molecule has 1 heterocycles. The second-order valence-corrected chi connectivity index (χ2v) is 5.67. The quantitative estimate of drug-likeness (QED) is 0.857. The maximum Gasteiger partial charge on any atom is 0.0361 e. The highest BCUT2D eigenvalue weighted by Gasteiger charge is 2.24. The minimum Gasteiger partial charge on any atom is -0.316 e. The summed E-state index contributed by atoms with van der Waals surface area (Å²) in [5.41, 5.74) is 5.70. The monoisotopic (exact) mass is 246 g/mol. The number of hydrogen-bond acceptors (Lipinski definition) is 2. The van der Waals surface area contributed by atoms with E-state index in [1.807, 2.05) is 0 Å². The number of hydrogen-bond donors (Lipinski definition) is 2. The van der Waals surface area contributed by atoms with Crippen molar-refractivity contribution in [1.82, 2.24) is 10.6 Å². The average Bonchev–Trinajstić information content (AvgIpc) is 2.38. The SMILES string of the molecule is CNC(c1cc(C)c(C)cc1C)C1CCCNC1. The molecule has 1 fully saturated rings. The fourth-order valence-corrected chi connectivity index (χ4v) is 3.13. The van der Waals surface area contributed by atoms with Crippen LogP contribution in [0.4, 0.5) is 0 Å². The first kappa shape index (κ1) is 13.6. The lowest BCUT2D eigenvalue weighted by molar-refractivity contribution is 0.297. The summed E-state index contributed by atoms with van der Waals surface area (Å²) in [7, 11) is 2.09. The predicted octanol–water partition coefficient (Wildman–Crippen LogP) is 2.87. The first-order valence-electron chi connectivity index (χ1n) is 7.09. The summed E-state index contributed by atoms with van der Waals surface area (Å²) in [5.74, 6) is 0.713. The molecule has 2 rings (SSSR count). The molecule has 1 aromatic rings. The van der Waals surface area contributed by atoms with Crippen molar-refractivity contribution in [2.75, 3.05) is 20.1 Å². The van der Waals surface area contributed by atoms with Crippen LogP contribution in [0.3, 0.4) is 0 Å². The van der Waals surface area contributed by atoms with E-state index in [9.17, 15) is 0 Å². The summed E-state index contributed by atoms with van der Waals surface area (Å²) in [6.45, 7) is 8.96. The Balaban J connectivity index is 2.28. The van der Waals surface area contributed by atoms with E-state index >= 15 is 0 Å². The number of piperidine rings is 1. The maximum atomic E-state index is 3.54. The molecule has 2 unspecified atom stereocenters. The van der Waals surface area contributed by atoms with E-state index in [2.05, 4.69) is 50.6 Å². The predicted molar refractivity (Wildman–Crippen MR) is 78.0 cm³/mol. The van der Waals surface area contributed by atoms with Gasteiger partial charge in [-0.1, -0.05) is 12.1 Å². The molecule has 0 bridgehead atoms. The number of aryl methyl sites for hydroxylation is 3. The van der Waals surface area contributed by atoms with Gasteiger partial charge in [0, 0.05) is 6.04 Å². The van der Waals surface area contributed by atoms with Crippen molar-refractivity contribution < 1.29 is 0 Å². The highest BCUT2D eigenvalue weighted by atomic mass is 14.9. The normalized spacial score (nSPS) is 21.9. The van der Waals surface area contributed by atoms with Crippen molar-refractivity contribution in [1.29, 1.82) is 0 Å². The van der Waals surface area contributed by atoms with Crippen molar-refractivity contribution in [3.8, 4) is 0 Å². The van der Waals surface area contributed by atoms with E-state index in [0.29, 0.717) is 12.0 Å². The van der Waals surface area contributed by atoms with Gasteiger partial charge in [-0.05, 0) is 81.9 Å². The summed E-state index contributed by atoms with van der Waals surface area (Å²) in [4.78, 5) is 0. The summed E-state index contributed by atoms with van der Waals surface area (Å²) in [5, 5.41) is 7.06. The third kappa shape index (κ3) is 2.76. The van der Waals surface area contributed by atoms with E-state index in [1.54, 1.807) is 0 Å². The lowest BCUT2D eigenvalue weighted by Crippen LogP contribution is -2.37. The van der Waals surface area contributed by atoms with Gasteiger partial charge < -0.3 is 10.6 Å². The molecule has 1 aromatic carbocycles. The minimum atomic E-state index is 0.483. The minimum absolute atomic E-state index is 0.483. The van der Waals surface area contributed by atoms with Gasteiger partial charge in [-0.25, -0.2) is 0 Å². The van der Waals surface area contributed by atoms with Crippen LogP contribution in [0.5, 0.6) is 0 Å². The van der Waals surface area contributed by atoms with Gasteiger partial charge in [0.1, 0.15) is 0 Å². The average molecular weight is 246 g/mol. The molecule has 100 valence electrons. The van der Waals surface area contributed by atoms with E-state index in [-0.39, 0.29) is 0 Å². The third-order valence-electron chi connectivity index (χ3n) is 4.33. The van der Waals surface area contributed by atoms with Crippen LogP contribution in [-0.2, 0) is 0 Å². The van der Waals surface area contributed by atoms with Crippen LogP contribution in [0.15, 0.2) is 12.1 Å². The zero-order valence-electron chi connectivity index (χ0n) is 12.1. The van der Waals surface area contributed by atoms with Crippen LogP contribution in [0.2, 0.25) is 0 Å². The van der Waals surface area contributed by atoms with Gasteiger partial charge in [-0.3, -0.25) is 0 Å². The maximum absolute atomic E-state index is 3.54. The Morgan fingerprint density at radius 2 is 1.89 bits per heavy atom. The van der Waals surface area contributed by atoms with Gasteiger partial charge >= 0.3 is 0 Å². The standard InChI is InChI=1S/C16H26N2/c1-11-8-13(3)15(9-12(11)2)16(17-4)14-6-5-7-18-10-14/h8-9,14,16-18H,5-7,10H2,1-4H3. The fourth-order valence-electron chi connectivity index (χ4n) is 3.13. The van der Waals surface area contributed by atoms with Gasteiger partial charge in [0.05, 0.1) is 0 Å². The molecule has 2 heteroatoms. The Morgan fingerprint density at radius 1 is 1.17 bits per heavy atom. The Bertz CT molecular complexity index is 406. The van der Waals surface area contributed by atoms with Crippen molar-refractivity contribution in [2.45, 2.75) is 39.7 Å². The zero-order chi connectivity index (χ0) is 13.1. The van der Waals surface area contributed by atoms with Gasteiger partial charge in [0.25, 0.3) is 0 Å². The van der Waals surface area contributed by atoms with E-state index in [1.165, 1.54) is 41.6 Å². The molecule has 0 aliphatic carbocycles.